The van der Waals surface area contributed by atoms with Gasteiger partial charge in [-0.2, -0.15) is 8.42 Å². The third-order valence-corrected chi connectivity index (χ3v) is 3.56. The second kappa shape index (κ2) is 3.53. The molecule has 0 amide bonds. The molecular formula is C10H12O5S. The molecule has 2 N–H and O–H groups in total. The fraction of sp³-hybridized carbons (Fsp3) is 0.400. The van der Waals surface area contributed by atoms with Crippen molar-refractivity contribution in [2.75, 3.05) is 13.2 Å². The summed E-state index contributed by atoms with van der Waals surface area (Å²) in [6, 6.07) is 4.51. The Bertz CT molecular complexity index is 516. The van der Waals surface area contributed by atoms with Gasteiger partial charge in [0.15, 0.2) is 0 Å². The zero-order valence-electron chi connectivity index (χ0n) is 8.67. The van der Waals surface area contributed by atoms with Crippen molar-refractivity contribution in [1.29, 1.82) is 0 Å². The van der Waals surface area contributed by atoms with Crippen molar-refractivity contribution in [3.8, 4) is 0 Å². The number of rotatable bonds is 3. The zero-order valence-corrected chi connectivity index (χ0v) is 9.49. The van der Waals surface area contributed by atoms with Crippen LogP contribution in [0, 0.1) is 6.92 Å². The topological polar surface area (TPSA) is 87.1 Å². The van der Waals surface area contributed by atoms with Crippen LogP contribution < -0.4 is 0 Å². The van der Waals surface area contributed by atoms with Crippen LogP contribution in [0.25, 0.3) is 0 Å². The lowest BCUT2D eigenvalue weighted by Crippen LogP contribution is -2.18. The van der Waals surface area contributed by atoms with Crippen molar-refractivity contribution in [3.63, 3.8) is 0 Å². The van der Waals surface area contributed by atoms with Crippen LogP contribution in [-0.2, 0) is 20.5 Å². The Balaban J connectivity index is 2.63. The number of aryl methyl sites for hydroxylation is 1. The molecule has 0 aliphatic carbocycles. The zero-order chi connectivity index (χ0) is 12.0. The molecule has 1 fully saturated rings. The van der Waals surface area contributed by atoms with Crippen molar-refractivity contribution >= 4 is 10.1 Å². The molecule has 1 heterocycles. The molecule has 1 aromatic rings. The molecule has 0 bridgehead atoms. The molecule has 16 heavy (non-hydrogen) atoms. The number of benzene rings is 1. The van der Waals surface area contributed by atoms with E-state index in [-0.39, 0.29) is 18.1 Å². The van der Waals surface area contributed by atoms with Gasteiger partial charge in [0.1, 0.15) is 10.5 Å². The molecule has 1 aliphatic rings. The molecule has 0 aromatic heterocycles. The van der Waals surface area contributed by atoms with Gasteiger partial charge in [0, 0.05) is 5.56 Å². The molecule has 5 nitrogen and oxygen atoms in total. The molecule has 1 atom stereocenters. The van der Waals surface area contributed by atoms with Gasteiger partial charge in [0.05, 0.1) is 13.2 Å². The average molecular weight is 244 g/mol. The van der Waals surface area contributed by atoms with Crippen LogP contribution in [0.3, 0.4) is 0 Å². The normalized spacial score (nSPS) is 24.4. The minimum absolute atomic E-state index is 0.204. The van der Waals surface area contributed by atoms with Crippen LogP contribution in [0.4, 0.5) is 0 Å². The van der Waals surface area contributed by atoms with Crippen molar-refractivity contribution in [3.05, 3.63) is 29.3 Å². The predicted octanol–water partition coefficient (Wildman–Crippen LogP) is 0.460. The van der Waals surface area contributed by atoms with Crippen molar-refractivity contribution < 1.29 is 22.8 Å². The highest BCUT2D eigenvalue weighted by molar-refractivity contribution is 7.85. The summed E-state index contributed by atoms with van der Waals surface area (Å²) in [5, 5.41) is 9.19. The van der Waals surface area contributed by atoms with Crippen LogP contribution in [0.1, 0.15) is 11.1 Å². The maximum Gasteiger partial charge on any atom is 0.294 e. The van der Waals surface area contributed by atoms with E-state index >= 15 is 0 Å². The Labute approximate surface area is 93.4 Å². The van der Waals surface area contributed by atoms with E-state index in [9.17, 15) is 13.5 Å². The minimum atomic E-state index is -4.29. The van der Waals surface area contributed by atoms with E-state index in [1.54, 1.807) is 19.1 Å². The molecule has 0 radical (unpaired) electrons. The quantitative estimate of drug-likeness (QED) is 0.595. The summed E-state index contributed by atoms with van der Waals surface area (Å²) in [7, 11) is -4.29. The van der Waals surface area contributed by atoms with Crippen LogP contribution >= 0.6 is 0 Å². The van der Waals surface area contributed by atoms with E-state index in [4.69, 9.17) is 9.29 Å². The van der Waals surface area contributed by atoms with Gasteiger partial charge in [-0.25, -0.2) is 0 Å². The maximum atomic E-state index is 11.2. The van der Waals surface area contributed by atoms with Gasteiger partial charge in [0.2, 0.25) is 0 Å². The molecule has 1 unspecified atom stereocenters. The smallest absolute Gasteiger partial charge is 0.294 e. The number of ether oxygens (including phenoxy) is 1. The number of aliphatic hydroxyl groups excluding tert-OH is 1. The monoisotopic (exact) mass is 244 g/mol. The Morgan fingerprint density at radius 3 is 2.56 bits per heavy atom. The summed E-state index contributed by atoms with van der Waals surface area (Å²) in [6.45, 7) is 1.75. The first-order valence-electron chi connectivity index (χ1n) is 4.72. The van der Waals surface area contributed by atoms with E-state index in [0.717, 1.165) is 5.56 Å². The molecule has 0 spiro atoms. The SMILES string of the molecule is Cc1ccc(S(=O)(=O)O)c(C2(CO)CO2)c1. The Kier molecular flexibility index (Phi) is 2.54. The van der Waals surface area contributed by atoms with Gasteiger partial charge in [-0.05, 0) is 13.0 Å². The van der Waals surface area contributed by atoms with Crippen LogP contribution in [0.5, 0.6) is 0 Å². The van der Waals surface area contributed by atoms with E-state index in [0.29, 0.717) is 5.56 Å². The van der Waals surface area contributed by atoms with Gasteiger partial charge in [-0.1, -0.05) is 17.7 Å². The second-order valence-electron chi connectivity index (χ2n) is 3.92. The van der Waals surface area contributed by atoms with Crippen LogP contribution in [-0.4, -0.2) is 31.3 Å². The third kappa shape index (κ3) is 1.84. The summed E-state index contributed by atoms with van der Waals surface area (Å²) in [5.41, 5.74) is 0.195. The average Bonchev–Trinajstić information content (AvgIpc) is 2.96. The van der Waals surface area contributed by atoms with E-state index in [1.807, 2.05) is 0 Å². The largest absolute Gasteiger partial charge is 0.393 e. The Morgan fingerprint density at radius 2 is 2.12 bits per heavy atom. The van der Waals surface area contributed by atoms with Gasteiger partial charge >= 0.3 is 0 Å². The first kappa shape index (κ1) is 11.5. The molecule has 88 valence electrons. The van der Waals surface area contributed by atoms with Crippen LogP contribution in [0.2, 0.25) is 0 Å². The minimum Gasteiger partial charge on any atom is -0.393 e. The summed E-state index contributed by atoms with van der Waals surface area (Å²) < 4.78 is 36.5. The maximum absolute atomic E-state index is 11.2. The number of hydrogen-bond acceptors (Lipinski definition) is 4. The van der Waals surface area contributed by atoms with Gasteiger partial charge in [0.25, 0.3) is 10.1 Å². The van der Waals surface area contributed by atoms with Crippen LogP contribution in [0.15, 0.2) is 23.1 Å². The van der Waals surface area contributed by atoms with E-state index in [1.165, 1.54) is 6.07 Å². The number of hydrogen-bond donors (Lipinski definition) is 2. The highest BCUT2D eigenvalue weighted by Crippen LogP contribution is 2.41. The first-order chi connectivity index (χ1) is 7.39. The summed E-state index contributed by atoms with van der Waals surface area (Å²) in [4.78, 5) is -0.204. The number of aliphatic hydroxyl groups is 1. The number of epoxide rings is 1. The van der Waals surface area contributed by atoms with Gasteiger partial charge in [-0.15, -0.1) is 0 Å². The standard InChI is InChI=1S/C10H12O5S/c1-7-2-3-9(16(12,13)14)8(4-7)10(5-11)6-15-10/h2-4,11H,5-6H2,1H3,(H,12,13,14). The lowest BCUT2D eigenvalue weighted by atomic mass is 9.99. The second-order valence-corrected chi connectivity index (χ2v) is 5.31. The lowest BCUT2D eigenvalue weighted by molar-refractivity contribution is 0.170. The fourth-order valence-corrected chi connectivity index (χ4v) is 2.41. The van der Waals surface area contributed by atoms with E-state index in [2.05, 4.69) is 0 Å². The summed E-state index contributed by atoms with van der Waals surface area (Å²) in [6.07, 6.45) is 0. The van der Waals surface area contributed by atoms with Crippen molar-refractivity contribution in [1.82, 2.24) is 0 Å². The molecule has 0 saturated carbocycles. The molecule has 1 aromatic carbocycles. The van der Waals surface area contributed by atoms with Crippen molar-refractivity contribution in [2.45, 2.75) is 17.4 Å². The van der Waals surface area contributed by atoms with E-state index < -0.39 is 15.7 Å². The molecule has 1 aliphatic heterocycles. The molecule has 6 heteroatoms. The third-order valence-electron chi connectivity index (χ3n) is 2.65. The Morgan fingerprint density at radius 1 is 1.50 bits per heavy atom. The first-order valence-corrected chi connectivity index (χ1v) is 6.16. The molecular weight excluding hydrogens is 232 g/mol. The highest BCUT2D eigenvalue weighted by atomic mass is 32.2. The summed E-state index contributed by atoms with van der Waals surface area (Å²) >= 11 is 0. The lowest BCUT2D eigenvalue weighted by Gasteiger charge is -2.13. The van der Waals surface area contributed by atoms with Gasteiger partial charge < -0.3 is 9.84 Å². The summed E-state index contributed by atoms with van der Waals surface area (Å²) in [5.74, 6) is 0. The Hall–Kier alpha value is -0.950. The molecule has 1 saturated heterocycles. The van der Waals surface area contributed by atoms with Gasteiger partial charge in [-0.3, -0.25) is 4.55 Å². The predicted molar refractivity (Wildman–Crippen MR) is 55.7 cm³/mol. The van der Waals surface area contributed by atoms with Crippen molar-refractivity contribution in [2.24, 2.45) is 0 Å². The fourth-order valence-electron chi connectivity index (χ4n) is 1.64. The molecule has 2 rings (SSSR count). The highest BCUT2D eigenvalue weighted by Gasteiger charge is 2.48.